The van der Waals surface area contributed by atoms with Crippen molar-refractivity contribution in [2.24, 2.45) is 23.2 Å². The molecule has 5 N–H and O–H groups in total. The average molecular weight is 613 g/mol. The maximum Gasteiger partial charge on any atom is 0.481 e. The SMILES string of the molecule is CC(C)C[C@H](NC(=O)[C@H](CCCNC(=N)N[N+](=O)[O-])NC(=O)CCCc1ccccc1)B1O[C@@H]2C[C@@H]3C[C@@H](C3(C)C)[C@]2(C)O1. The second kappa shape index (κ2) is 14.3. The number of hydrazine groups is 1. The number of benzene rings is 1. The first-order valence-corrected chi connectivity index (χ1v) is 16.0. The highest BCUT2D eigenvalue weighted by Gasteiger charge is 2.68. The Morgan fingerprint density at radius 2 is 1.86 bits per heavy atom. The summed E-state index contributed by atoms with van der Waals surface area (Å²) >= 11 is 0. The lowest BCUT2D eigenvalue weighted by Gasteiger charge is -2.64. The number of nitrogens with zero attached hydrogens (tertiary/aromatic N) is 1. The first kappa shape index (κ1) is 33.7. The number of hydrogen-bond donors (Lipinski definition) is 5. The third kappa shape index (κ3) is 8.09. The zero-order valence-corrected chi connectivity index (χ0v) is 26.7. The van der Waals surface area contributed by atoms with Crippen LogP contribution >= 0.6 is 0 Å². The van der Waals surface area contributed by atoms with Gasteiger partial charge in [-0.05, 0) is 80.6 Å². The van der Waals surface area contributed by atoms with Gasteiger partial charge in [-0.2, -0.15) is 0 Å². The molecule has 2 bridgehead atoms. The Bertz CT molecular complexity index is 1190. The quantitative estimate of drug-likeness (QED) is 0.0502. The molecule has 4 fully saturated rings. The van der Waals surface area contributed by atoms with E-state index in [4.69, 9.17) is 14.7 Å². The molecule has 1 aliphatic heterocycles. The van der Waals surface area contributed by atoms with Crippen molar-refractivity contribution in [3.63, 3.8) is 0 Å². The number of aryl methyl sites for hydroxylation is 1. The van der Waals surface area contributed by atoms with Gasteiger partial charge in [-0.1, -0.05) is 63.5 Å². The van der Waals surface area contributed by atoms with E-state index in [-0.39, 0.29) is 48.6 Å². The van der Waals surface area contributed by atoms with Crippen LogP contribution in [0.5, 0.6) is 0 Å². The van der Waals surface area contributed by atoms with Crippen molar-refractivity contribution in [3.05, 3.63) is 46.0 Å². The zero-order chi connectivity index (χ0) is 32.1. The fourth-order valence-electron chi connectivity index (χ4n) is 7.38. The van der Waals surface area contributed by atoms with Crippen LogP contribution in [0.3, 0.4) is 0 Å². The van der Waals surface area contributed by atoms with Gasteiger partial charge < -0.3 is 25.3 Å². The molecule has 13 heteroatoms. The minimum absolute atomic E-state index is 0.00915. The van der Waals surface area contributed by atoms with Crippen LogP contribution in [0.1, 0.15) is 85.1 Å². The summed E-state index contributed by atoms with van der Waals surface area (Å²) in [5.74, 6) is -0.0824. The van der Waals surface area contributed by atoms with Gasteiger partial charge in [0.2, 0.25) is 11.8 Å². The molecule has 12 nitrogen and oxygen atoms in total. The molecule has 1 heterocycles. The average Bonchev–Trinajstić information content (AvgIpc) is 3.31. The van der Waals surface area contributed by atoms with E-state index in [1.807, 2.05) is 30.3 Å². The third-order valence-corrected chi connectivity index (χ3v) is 9.89. The highest BCUT2D eigenvalue weighted by Crippen LogP contribution is 2.65. The highest BCUT2D eigenvalue weighted by molar-refractivity contribution is 6.48. The molecule has 2 amide bonds. The smallest absolute Gasteiger partial charge is 0.404 e. The molecule has 0 aromatic heterocycles. The van der Waals surface area contributed by atoms with Crippen molar-refractivity contribution in [3.8, 4) is 0 Å². The van der Waals surface area contributed by atoms with Crippen molar-refractivity contribution >= 4 is 24.9 Å². The zero-order valence-electron chi connectivity index (χ0n) is 26.7. The molecule has 44 heavy (non-hydrogen) atoms. The van der Waals surface area contributed by atoms with E-state index in [2.05, 4.69) is 50.6 Å². The van der Waals surface area contributed by atoms with E-state index in [0.717, 1.165) is 24.8 Å². The maximum absolute atomic E-state index is 13.8. The molecule has 242 valence electrons. The van der Waals surface area contributed by atoms with E-state index in [9.17, 15) is 19.7 Å². The van der Waals surface area contributed by atoms with Crippen LogP contribution in [0.25, 0.3) is 0 Å². The summed E-state index contributed by atoms with van der Waals surface area (Å²) in [5.41, 5.74) is 2.70. The molecule has 0 radical (unpaired) electrons. The minimum Gasteiger partial charge on any atom is -0.404 e. The Hall–Kier alpha value is -3.19. The standard InChI is InChI=1S/C31H49BN6O6/c1-20(2)17-26(32-43-25-19-22-18-24(30(22,3)4)31(25,5)44-32)36-28(40)23(14-10-16-34-29(33)37-38(41)42)35-27(39)15-9-13-21-11-7-6-8-12-21/h6-8,11-12,20,22-26H,9-10,13-19H2,1-5H3,(H,35,39)(H,36,40)(H3,33,34,37)/t22-,23-,24-,25+,26-,31-/m0/s1. The van der Waals surface area contributed by atoms with Crippen molar-refractivity contribution in [1.82, 2.24) is 21.4 Å². The molecular formula is C31H49BN6O6. The summed E-state index contributed by atoms with van der Waals surface area (Å²) in [4.78, 5) is 37.3. The summed E-state index contributed by atoms with van der Waals surface area (Å²) in [6, 6.07) is 9.11. The van der Waals surface area contributed by atoms with Crippen molar-refractivity contribution in [1.29, 1.82) is 5.41 Å². The second-order valence-corrected chi connectivity index (χ2v) is 13.9. The highest BCUT2D eigenvalue weighted by atomic mass is 16.7. The predicted molar refractivity (Wildman–Crippen MR) is 168 cm³/mol. The monoisotopic (exact) mass is 612 g/mol. The first-order valence-electron chi connectivity index (χ1n) is 16.0. The van der Waals surface area contributed by atoms with E-state index in [0.29, 0.717) is 31.1 Å². The van der Waals surface area contributed by atoms with Crippen LogP contribution in [-0.2, 0) is 25.3 Å². The molecule has 0 spiro atoms. The lowest BCUT2D eigenvalue weighted by Crippen LogP contribution is -2.65. The Labute approximate surface area is 260 Å². The number of guanidine groups is 1. The molecule has 3 aliphatic carbocycles. The molecule has 1 saturated heterocycles. The van der Waals surface area contributed by atoms with Gasteiger partial charge in [0, 0.05) is 13.0 Å². The fraction of sp³-hybridized carbons (Fsp3) is 0.710. The Morgan fingerprint density at radius 1 is 1.14 bits per heavy atom. The minimum atomic E-state index is -0.820. The fourth-order valence-corrected chi connectivity index (χ4v) is 7.38. The van der Waals surface area contributed by atoms with Gasteiger partial charge in [-0.3, -0.25) is 15.0 Å². The molecule has 0 unspecified atom stereocenters. The summed E-state index contributed by atoms with van der Waals surface area (Å²) in [6.45, 7) is 11.2. The second-order valence-electron chi connectivity index (χ2n) is 13.9. The summed E-state index contributed by atoms with van der Waals surface area (Å²) in [7, 11) is -0.580. The Balaban J connectivity index is 1.39. The van der Waals surface area contributed by atoms with Crippen LogP contribution in [0, 0.1) is 38.7 Å². The number of carbonyl (C=O) groups is 2. The Kier molecular flexibility index (Phi) is 10.9. The largest absolute Gasteiger partial charge is 0.481 e. The molecule has 6 atom stereocenters. The lowest BCUT2D eigenvalue weighted by atomic mass is 9.43. The van der Waals surface area contributed by atoms with Gasteiger partial charge in [-0.15, -0.1) is 0 Å². The van der Waals surface area contributed by atoms with Crippen LogP contribution in [0.15, 0.2) is 30.3 Å². The molecule has 5 rings (SSSR count). The maximum atomic E-state index is 13.8. The predicted octanol–water partition coefficient (Wildman–Crippen LogP) is 3.38. The van der Waals surface area contributed by atoms with Crippen LogP contribution in [0.2, 0.25) is 0 Å². The first-order chi connectivity index (χ1) is 20.8. The van der Waals surface area contributed by atoms with Gasteiger partial charge in [0.1, 0.15) is 6.04 Å². The van der Waals surface area contributed by atoms with Crippen molar-refractivity contribution in [2.75, 3.05) is 6.54 Å². The number of rotatable bonds is 15. The molecule has 3 saturated carbocycles. The van der Waals surface area contributed by atoms with E-state index < -0.39 is 35.7 Å². The van der Waals surface area contributed by atoms with Gasteiger partial charge in [0.15, 0.2) is 5.03 Å². The van der Waals surface area contributed by atoms with Gasteiger partial charge >= 0.3 is 7.12 Å². The normalized spacial score (nSPS) is 26.1. The lowest BCUT2D eigenvalue weighted by molar-refractivity contribution is -0.525. The molecular weight excluding hydrogens is 563 g/mol. The van der Waals surface area contributed by atoms with E-state index in [1.54, 1.807) is 5.43 Å². The number of amides is 2. The summed E-state index contributed by atoms with van der Waals surface area (Å²) in [6.07, 6.45) is 5.09. The topological polar surface area (TPSA) is 168 Å². The Morgan fingerprint density at radius 3 is 2.52 bits per heavy atom. The number of nitrogens with one attached hydrogen (secondary N) is 5. The number of hydrogen-bond acceptors (Lipinski definition) is 7. The van der Waals surface area contributed by atoms with Gasteiger partial charge in [-0.25, -0.2) is 10.1 Å². The van der Waals surface area contributed by atoms with E-state index in [1.165, 1.54) is 0 Å². The number of carbonyl (C=O) groups excluding carboxylic acids is 2. The van der Waals surface area contributed by atoms with Crippen LogP contribution in [-0.4, -0.2) is 60.2 Å². The van der Waals surface area contributed by atoms with Crippen molar-refractivity contribution in [2.45, 2.75) is 110 Å². The van der Waals surface area contributed by atoms with Crippen molar-refractivity contribution < 1.29 is 23.9 Å². The van der Waals surface area contributed by atoms with E-state index >= 15 is 0 Å². The van der Waals surface area contributed by atoms with Gasteiger partial charge in [0.05, 0.1) is 17.6 Å². The number of nitro groups is 1. The molecule has 1 aromatic rings. The third-order valence-electron chi connectivity index (χ3n) is 9.89. The van der Waals surface area contributed by atoms with Crippen LogP contribution < -0.4 is 21.4 Å². The summed E-state index contributed by atoms with van der Waals surface area (Å²) < 4.78 is 13.2. The van der Waals surface area contributed by atoms with Gasteiger partial charge in [0.25, 0.3) is 5.96 Å². The molecule has 4 aliphatic rings. The van der Waals surface area contributed by atoms with Crippen LogP contribution in [0.4, 0.5) is 0 Å². The summed E-state index contributed by atoms with van der Waals surface area (Å²) in [5, 5.41) is 26.0. The molecule has 1 aromatic carbocycles.